The lowest BCUT2D eigenvalue weighted by Gasteiger charge is -2.27. The molecule has 0 radical (unpaired) electrons. The highest BCUT2D eigenvalue weighted by Crippen LogP contribution is 2.34. The molecule has 10 nitrogen and oxygen atoms in total. The maximum Gasteiger partial charge on any atom is 0.191 e. The van der Waals surface area contributed by atoms with Gasteiger partial charge in [-0.3, -0.25) is 9.80 Å². The Balaban J connectivity index is 0.00000176. The summed E-state index contributed by atoms with van der Waals surface area (Å²) < 4.78 is 10.9. The van der Waals surface area contributed by atoms with E-state index < -0.39 is 0 Å². The molecule has 3 heterocycles. The maximum atomic E-state index is 5.45. The van der Waals surface area contributed by atoms with Gasteiger partial charge in [0, 0.05) is 52.4 Å². The average molecular weight is 517 g/mol. The monoisotopic (exact) mass is 516 g/mol. The summed E-state index contributed by atoms with van der Waals surface area (Å²) in [6.45, 7) is 14.3. The van der Waals surface area contributed by atoms with Gasteiger partial charge in [0.2, 0.25) is 0 Å². The van der Waals surface area contributed by atoms with E-state index in [-0.39, 0.29) is 0 Å². The van der Waals surface area contributed by atoms with Crippen LogP contribution >= 0.6 is 11.8 Å². The Hall–Kier alpha value is -2.31. The van der Waals surface area contributed by atoms with Crippen molar-refractivity contribution < 1.29 is 9.47 Å². The van der Waals surface area contributed by atoms with Gasteiger partial charge in [-0.2, -0.15) is 5.11 Å². The van der Waals surface area contributed by atoms with E-state index in [0.29, 0.717) is 22.5 Å². The first kappa shape index (κ1) is 28.3. The van der Waals surface area contributed by atoms with Gasteiger partial charge < -0.3 is 20.1 Å². The third-order valence-corrected chi connectivity index (χ3v) is 6.26. The first-order chi connectivity index (χ1) is 17.8. The number of nitrogens with zero attached hydrogens (tertiary/aromatic N) is 6. The minimum Gasteiger partial charge on any atom is -0.379 e. The van der Waals surface area contributed by atoms with Crippen molar-refractivity contribution in [3.8, 4) is 0 Å². The average Bonchev–Trinajstić information content (AvgIpc) is 2.95. The van der Waals surface area contributed by atoms with Crippen LogP contribution in [0, 0.1) is 0 Å². The molecular formula is C25H40N8O2S. The Kier molecular flexibility index (Phi) is 12.9. The topological polar surface area (TPSA) is 99.5 Å². The number of anilines is 2. The van der Waals surface area contributed by atoms with Crippen molar-refractivity contribution in [3.63, 3.8) is 0 Å². The molecule has 0 amide bonds. The predicted octanol–water partition coefficient (Wildman–Crippen LogP) is 4.13. The lowest BCUT2D eigenvalue weighted by Crippen LogP contribution is -2.39. The summed E-state index contributed by atoms with van der Waals surface area (Å²) in [5.41, 5.74) is 1.42. The molecule has 2 N–H and O–H groups in total. The zero-order valence-electron chi connectivity index (χ0n) is 21.8. The lowest BCUT2D eigenvalue weighted by molar-refractivity contribution is 0.0398. The van der Waals surface area contributed by atoms with Gasteiger partial charge in [-0.15, -0.1) is 5.11 Å². The molecule has 11 heteroatoms. The minimum absolute atomic E-state index is 0.630. The van der Waals surface area contributed by atoms with Crippen molar-refractivity contribution in [1.29, 1.82) is 0 Å². The maximum absolute atomic E-state index is 5.45. The molecule has 2 aliphatic heterocycles. The van der Waals surface area contributed by atoms with E-state index >= 15 is 0 Å². The van der Waals surface area contributed by atoms with E-state index in [1.54, 1.807) is 0 Å². The van der Waals surface area contributed by atoms with Gasteiger partial charge in [0.15, 0.2) is 22.5 Å². The highest BCUT2D eigenvalue weighted by molar-refractivity contribution is 7.98. The molecule has 2 aliphatic rings. The van der Waals surface area contributed by atoms with E-state index in [0.717, 1.165) is 84.5 Å². The second kappa shape index (κ2) is 16.4. The highest BCUT2D eigenvalue weighted by Gasteiger charge is 2.17. The number of thioether (sulfide) groups is 1. The zero-order valence-corrected chi connectivity index (χ0v) is 22.6. The normalized spacial score (nSPS) is 17.0. The number of morpholine rings is 2. The summed E-state index contributed by atoms with van der Waals surface area (Å²) in [6.07, 6.45) is 1.98. The van der Waals surface area contributed by atoms with Crippen LogP contribution in [0.3, 0.4) is 0 Å². The summed E-state index contributed by atoms with van der Waals surface area (Å²) >= 11 is 1.51. The van der Waals surface area contributed by atoms with Crippen LogP contribution in [0.5, 0.6) is 0 Å². The second-order valence-corrected chi connectivity index (χ2v) is 8.83. The SMILES string of the molecule is CC.CSc1nc(NCCN2CCOCC2)c(N=Nc2ccccc2)c(NCCN2CCOCC2)n1. The van der Waals surface area contributed by atoms with E-state index in [9.17, 15) is 0 Å². The van der Waals surface area contributed by atoms with Crippen LogP contribution in [0.1, 0.15) is 13.8 Å². The van der Waals surface area contributed by atoms with Crippen molar-refractivity contribution in [1.82, 2.24) is 19.8 Å². The number of benzene rings is 1. The fourth-order valence-electron chi connectivity index (χ4n) is 3.78. The Bertz CT molecular complexity index is 861. The fourth-order valence-corrected chi connectivity index (χ4v) is 4.15. The molecule has 198 valence electrons. The number of azo groups is 1. The Morgan fingerprint density at radius 1 is 0.806 bits per heavy atom. The number of nitrogens with one attached hydrogen (secondary N) is 2. The summed E-state index contributed by atoms with van der Waals surface area (Å²) in [5.74, 6) is 1.39. The van der Waals surface area contributed by atoms with Crippen molar-refractivity contribution in [2.75, 3.05) is 95.7 Å². The zero-order chi connectivity index (χ0) is 25.4. The third-order valence-electron chi connectivity index (χ3n) is 5.72. The van der Waals surface area contributed by atoms with Gasteiger partial charge in [0.1, 0.15) is 0 Å². The first-order valence-electron chi connectivity index (χ1n) is 12.8. The van der Waals surface area contributed by atoms with E-state index in [1.807, 2.05) is 50.4 Å². The molecule has 1 aromatic heterocycles. The van der Waals surface area contributed by atoms with Crippen LogP contribution in [0.2, 0.25) is 0 Å². The highest BCUT2D eigenvalue weighted by atomic mass is 32.2. The summed E-state index contributed by atoms with van der Waals surface area (Å²) in [4.78, 5) is 14.2. The summed E-state index contributed by atoms with van der Waals surface area (Å²) in [5, 5.41) is 16.7. The Morgan fingerprint density at radius 3 is 1.78 bits per heavy atom. The number of hydrogen-bond acceptors (Lipinski definition) is 11. The van der Waals surface area contributed by atoms with Crippen molar-refractivity contribution in [2.45, 2.75) is 19.0 Å². The molecule has 0 spiro atoms. The molecule has 1 aromatic carbocycles. The molecule has 2 saturated heterocycles. The van der Waals surface area contributed by atoms with Crippen LogP contribution in [-0.4, -0.2) is 105 Å². The summed E-state index contributed by atoms with van der Waals surface area (Å²) in [6, 6.07) is 9.72. The molecule has 0 unspecified atom stereocenters. The number of rotatable bonds is 11. The fraction of sp³-hybridized carbons (Fsp3) is 0.600. The quantitative estimate of drug-likeness (QED) is 0.259. The Morgan fingerprint density at radius 2 is 1.31 bits per heavy atom. The molecule has 4 rings (SSSR count). The predicted molar refractivity (Wildman–Crippen MR) is 147 cm³/mol. The van der Waals surface area contributed by atoms with Crippen molar-refractivity contribution >= 4 is 34.8 Å². The summed E-state index contributed by atoms with van der Waals surface area (Å²) in [7, 11) is 0. The van der Waals surface area contributed by atoms with E-state index in [2.05, 4.69) is 30.7 Å². The van der Waals surface area contributed by atoms with Crippen LogP contribution in [-0.2, 0) is 9.47 Å². The molecule has 2 fully saturated rings. The third kappa shape index (κ3) is 9.29. The number of ether oxygens (including phenoxy) is 2. The largest absolute Gasteiger partial charge is 0.379 e. The van der Waals surface area contributed by atoms with Gasteiger partial charge in [0.25, 0.3) is 0 Å². The van der Waals surface area contributed by atoms with Crippen LogP contribution in [0.4, 0.5) is 23.0 Å². The molecule has 36 heavy (non-hydrogen) atoms. The molecule has 0 aliphatic carbocycles. The van der Waals surface area contributed by atoms with Crippen molar-refractivity contribution in [3.05, 3.63) is 30.3 Å². The minimum atomic E-state index is 0.630. The van der Waals surface area contributed by atoms with Crippen LogP contribution in [0.15, 0.2) is 45.7 Å². The van der Waals surface area contributed by atoms with Gasteiger partial charge in [0.05, 0.1) is 32.1 Å². The molecule has 2 aromatic rings. The van der Waals surface area contributed by atoms with Crippen LogP contribution < -0.4 is 10.6 Å². The smallest absolute Gasteiger partial charge is 0.191 e. The van der Waals surface area contributed by atoms with Gasteiger partial charge in [-0.25, -0.2) is 9.97 Å². The molecule has 0 bridgehead atoms. The van der Waals surface area contributed by atoms with Gasteiger partial charge in [-0.1, -0.05) is 43.8 Å². The van der Waals surface area contributed by atoms with E-state index in [4.69, 9.17) is 19.4 Å². The molecular weight excluding hydrogens is 476 g/mol. The van der Waals surface area contributed by atoms with Gasteiger partial charge >= 0.3 is 0 Å². The molecule has 0 atom stereocenters. The van der Waals surface area contributed by atoms with Crippen LogP contribution in [0.25, 0.3) is 0 Å². The van der Waals surface area contributed by atoms with Gasteiger partial charge in [-0.05, 0) is 18.4 Å². The Labute approximate surface area is 219 Å². The molecule has 0 saturated carbocycles. The first-order valence-corrected chi connectivity index (χ1v) is 14.0. The number of hydrogen-bond donors (Lipinski definition) is 2. The second-order valence-electron chi connectivity index (χ2n) is 8.05. The number of aromatic nitrogens is 2. The lowest BCUT2D eigenvalue weighted by atomic mass is 10.3. The standard InChI is InChI=1S/C23H34N8O2S.C2H6/c1-34-23-26-21(24-7-9-30-11-15-32-16-12-30)20(29-28-19-5-3-2-4-6-19)22(27-23)25-8-10-31-13-17-33-18-14-31;1-2/h2-6H,7-18H2,1H3,(H2,24,25,26,27);1-2H3. The van der Waals surface area contributed by atoms with Crippen molar-refractivity contribution in [2.24, 2.45) is 10.2 Å². The van der Waals surface area contributed by atoms with E-state index in [1.165, 1.54) is 11.8 Å².